The summed E-state index contributed by atoms with van der Waals surface area (Å²) < 4.78 is 42.3. The average molecular weight is 598 g/mol. The van der Waals surface area contributed by atoms with Gasteiger partial charge < -0.3 is 19.6 Å². The Morgan fingerprint density at radius 2 is 1.86 bits per heavy atom. The van der Waals surface area contributed by atoms with Crippen LogP contribution in [0.4, 0.5) is 0 Å². The molecule has 4 rings (SSSR count). The minimum atomic E-state index is -4.16. The van der Waals surface area contributed by atoms with E-state index in [9.17, 15) is 18.3 Å². The SMILES string of the molecule is CCCCCCc1nc(C)c2c(=O)[nH]c(-c3cc(S(=O)(=O)NC(COC)C(O)c4ccccc4)ccc3OCC)nn12. The molecule has 0 fully saturated rings. The first-order valence-electron chi connectivity index (χ1n) is 14.2. The molecule has 11 nitrogen and oxygen atoms in total. The third-order valence-corrected chi connectivity index (χ3v) is 8.48. The molecule has 2 heterocycles. The Balaban J connectivity index is 1.74. The van der Waals surface area contributed by atoms with Gasteiger partial charge in [-0.1, -0.05) is 56.5 Å². The number of rotatable bonds is 15. The molecule has 0 aliphatic carbocycles. The predicted octanol–water partition coefficient (Wildman–Crippen LogP) is 3.94. The molecule has 42 heavy (non-hydrogen) atoms. The standard InChI is InChI=1S/C30H39N5O6S/c1-5-7-8-12-15-26-31-20(3)27-30(37)32-29(33-35(26)27)23-18-22(16-17-25(23)41-6-2)42(38,39)34-24(19-40-4)28(36)21-13-10-9-11-14-21/h9-11,13-14,16-18,24,28,34,36H,5-8,12,15,19H2,1-4H3,(H,32,33,37). The van der Waals surface area contributed by atoms with Crippen molar-refractivity contribution in [2.24, 2.45) is 0 Å². The Morgan fingerprint density at radius 1 is 1.10 bits per heavy atom. The van der Waals surface area contributed by atoms with Gasteiger partial charge in [-0.15, -0.1) is 5.10 Å². The fourth-order valence-corrected chi connectivity index (χ4v) is 6.14. The van der Waals surface area contributed by atoms with Crippen molar-refractivity contribution < 1.29 is 23.0 Å². The number of aryl methyl sites for hydroxylation is 2. The first kappa shape index (κ1) is 31.4. The maximum atomic E-state index is 13.6. The summed E-state index contributed by atoms with van der Waals surface area (Å²) >= 11 is 0. The topological polar surface area (TPSA) is 148 Å². The maximum Gasteiger partial charge on any atom is 0.277 e. The lowest BCUT2D eigenvalue weighted by atomic mass is 10.0. The number of ether oxygens (including phenoxy) is 2. The Kier molecular flexibility index (Phi) is 10.5. The molecule has 2 aromatic carbocycles. The molecule has 0 aliphatic rings. The molecule has 0 radical (unpaired) electrons. The van der Waals surface area contributed by atoms with Gasteiger partial charge >= 0.3 is 0 Å². The fraction of sp³-hybridized carbons (Fsp3) is 0.433. The predicted molar refractivity (Wildman–Crippen MR) is 160 cm³/mol. The highest BCUT2D eigenvalue weighted by molar-refractivity contribution is 7.89. The Morgan fingerprint density at radius 3 is 2.55 bits per heavy atom. The highest BCUT2D eigenvalue weighted by Crippen LogP contribution is 2.31. The zero-order valence-corrected chi connectivity index (χ0v) is 25.3. The molecule has 0 saturated heterocycles. The van der Waals surface area contributed by atoms with Crippen molar-refractivity contribution in [2.75, 3.05) is 20.3 Å². The zero-order chi connectivity index (χ0) is 30.3. The van der Waals surface area contributed by atoms with Gasteiger partial charge in [0.05, 0.1) is 41.5 Å². The van der Waals surface area contributed by atoms with Crippen molar-refractivity contribution in [2.45, 2.75) is 69.9 Å². The monoisotopic (exact) mass is 597 g/mol. The number of aliphatic hydroxyl groups is 1. The molecule has 226 valence electrons. The Bertz CT molecular complexity index is 1650. The van der Waals surface area contributed by atoms with Crippen molar-refractivity contribution in [3.8, 4) is 17.1 Å². The molecule has 0 aliphatic heterocycles. The van der Waals surface area contributed by atoms with Gasteiger partial charge in [-0.2, -0.15) is 0 Å². The molecular weight excluding hydrogens is 558 g/mol. The molecule has 3 N–H and O–H groups in total. The summed E-state index contributed by atoms with van der Waals surface area (Å²) in [5.74, 6) is 1.18. The first-order valence-corrected chi connectivity index (χ1v) is 15.7. The summed E-state index contributed by atoms with van der Waals surface area (Å²) in [5.41, 5.74) is 1.39. The van der Waals surface area contributed by atoms with Crippen molar-refractivity contribution in [3.63, 3.8) is 0 Å². The van der Waals surface area contributed by atoms with Gasteiger partial charge in [0.1, 0.15) is 11.6 Å². The second kappa shape index (κ2) is 14.1. The second-order valence-corrected chi connectivity index (χ2v) is 11.8. The largest absolute Gasteiger partial charge is 0.493 e. The van der Waals surface area contributed by atoms with Gasteiger partial charge in [0.15, 0.2) is 11.3 Å². The molecule has 2 unspecified atom stereocenters. The Labute approximate surface area is 246 Å². The quantitative estimate of drug-likeness (QED) is 0.175. The van der Waals surface area contributed by atoms with Gasteiger partial charge in [-0.3, -0.25) is 4.79 Å². The normalized spacial score (nSPS) is 13.4. The van der Waals surface area contributed by atoms with E-state index in [-0.39, 0.29) is 22.9 Å². The summed E-state index contributed by atoms with van der Waals surface area (Å²) in [6, 6.07) is 12.1. The molecule has 0 saturated carbocycles. The van der Waals surface area contributed by atoms with Gasteiger partial charge in [0.25, 0.3) is 5.56 Å². The highest BCUT2D eigenvalue weighted by atomic mass is 32.2. The van der Waals surface area contributed by atoms with Crippen LogP contribution >= 0.6 is 0 Å². The summed E-state index contributed by atoms with van der Waals surface area (Å²) in [7, 11) is -2.72. The first-order chi connectivity index (χ1) is 20.2. The number of sulfonamides is 1. The van der Waals surface area contributed by atoms with E-state index in [0.717, 1.165) is 25.7 Å². The van der Waals surface area contributed by atoms with E-state index in [0.29, 0.717) is 46.9 Å². The number of benzene rings is 2. The molecular formula is C30H39N5O6S. The number of nitrogens with zero attached hydrogens (tertiary/aromatic N) is 3. The summed E-state index contributed by atoms with van der Waals surface area (Å²) in [6.07, 6.45) is 3.69. The van der Waals surface area contributed by atoms with E-state index in [2.05, 4.69) is 21.6 Å². The van der Waals surface area contributed by atoms with Crippen LogP contribution < -0.4 is 15.0 Å². The van der Waals surface area contributed by atoms with E-state index in [4.69, 9.17) is 14.6 Å². The van der Waals surface area contributed by atoms with E-state index in [1.807, 2.05) is 13.0 Å². The van der Waals surface area contributed by atoms with Crippen LogP contribution in [0, 0.1) is 6.92 Å². The number of fused-ring (bicyclic) bond motifs is 1. The number of methoxy groups -OCH3 is 1. The highest BCUT2D eigenvalue weighted by Gasteiger charge is 2.28. The maximum absolute atomic E-state index is 13.6. The van der Waals surface area contributed by atoms with Crippen LogP contribution in [0.3, 0.4) is 0 Å². The summed E-state index contributed by atoms with van der Waals surface area (Å²) in [6.45, 7) is 5.97. The number of imidazole rings is 1. The van der Waals surface area contributed by atoms with Gasteiger partial charge in [-0.05, 0) is 44.0 Å². The van der Waals surface area contributed by atoms with Gasteiger partial charge in [0.2, 0.25) is 10.0 Å². The lowest BCUT2D eigenvalue weighted by Crippen LogP contribution is -2.42. The molecule has 0 amide bonds. The number of aromatic amines is 1. The number of hydrogen-bond acceptors (Lipinski definition) is 8. The third kappa shape index (κ3) is 7.06. The molecule has 0 spiro atoms. The van der Waals surface area contributed by atoms with Crippen LogP contribution in [0.2, 0.25) is 0 Å². The van der Waals surface area contributed by atoms with Crippen molar-refractivity contribution >= 4 is 15.5 Å². The van der Waals surface area contributed by atoms with Crippen LogP contribution in [-0.2, 0) is 21.2 Å². The van der Waals surface area contributed by atoms with Crippen molar-refractivity contribution in [1.82, 2.24) is 24.3 Å². The number of nitrogens with one attached hydrogen (secondary N) is 2. The van der Waals surface area contributed by atoms with E-state index >= 15 is 0 Å². The Hall–Kier alpha value is -3.58. The second-order valence-electron chi connectivity index (χ2n) is 10.1. The molecule has 4 aromatic rings. The van der Waals surface area contributed by atoms with Crippen LogP contribution in [0.15, 0.2) is 58.2 Å². The lowest BCUT2D eigenvalue weighted by Gasteiger charge is -2.24. The summed E-state index contributed by atoms with van der Waals surface area (Å²) in [4.78, 5) is 20.5. The smallest absolute Gasteiger partial charge is 0.277 e. The number of aromatic nitrogens is 4. The lowest BCUT2D eigenvalue weighted by molar-refractivity contribution is 0.0800. The summed E-state index contributed by atoms with van der Waals surface area (Å²) in [5, 5.41) is 15.6. The number of hydrogen-bond donors (Lipinski definition) is 3. The van der Waals surface area contributed by atoms with Crippen molar-refractivity contribution in [1.29, 1.82) is 0 Å². The van der Waals surface area contributed by atoms with E-state index in [1.165, 1.54) is 25.3 Å². The van der Waals surface area contributed by atoms with E-state index < -0.39 is 22.2 Å². The van der Waals surface area contributed by atoms with Gasteiger partial charge in [0, 0.05) is 13.5 Å². The minimum absolute atomic E-state index is 0.0638. The average Bonchev–Trinajstić information content (AvgIpc) is 3.30. The van der Waals surface area contributed by atoms with Crippen LogP contribution in [-0.4, -0.2) is 59.5 Å². The van der Waals surface area contributed by atoms with Crippen LogP contribution in [0.5, 0.6) is 5.75 Å². The number of H-pyrrole nitrogens is 1. The number of unbranched alkanes of at least 4 members (excludes halogenated alkanes) is 3. The van der Waals surface area contributed by atoms with Crippen LogP contribution in [0.1, 0.15) is 62.7 Å². The third-order valence-electron chi connectivity index (χ3n) is 6.99. The molecule has 2 atom stereocenters. The zero-order valence-electron chi connectivity index (χ0n) is 24.5. The van der Waals surface area contributed by atoms with Crippen molar-refractivity contribution in [3.05, 3.63) is 76.0 Å². The van der Waals surface area contributed by atoms with Gasteiger partial charge in [-0.25, -0.2) is 22.6 Å². The fourth-order valence-electron chi connectivity index (χ4n) is 4.89. The molecule has 0 bridgehead atoms. The molecule has 12 heteroatoms. The molecule has 2 aromatic heterocycles. The van der Waals surface area contributed by atoms with Crippen LogP contribution in [0.25, 0.3) is 16.9 Å². The van der Waals surface area contributed by atoms with E-state index in [1.54, 1.807) is 35.7 Å². The number of aliphatic hydroxyl groups excluding tert-OH is 1. The minimum Gasteiger partial charge on any atom is -0.493 e.